The first-order valence-corrected chi connectivity index (χ1v) is 10.9. The Bertz CT molecular complexity index is 1180. The number of anilines is 1. The minimum Gasteiger partial charge on any atom is -0.490 e. The number of hydrogen-bond acceptors (Lipinski definition) is 3. The maximum absolute atomic E-state index is 6.17. The van der Waals surface area contributed by atoms with E-state index in [1.54, 1.807) is 0 Å². The van der Waals surface area contributed by atoms with Crippen LogP contribution in [0.4, 0.5) is 5.69 Å². The first-order chi connectivity index (χ1) is 15.1. The van der Waals surface area contributed by atoms with Crippen molar-refractivity contribution in [2.45, 2.75) is 27.0 Å². The van der Waals surface area contributed by atoms with Crippen LogP contribution < -0.4 is 14.8 Å². The van der Waals surface area contributed by atoms with E-state index in [2.05, 4.69) is 60.8 Å². The summed E-state index contributed by atoms with van der Waals surface area (Å²) < 4.78 is 12.0. The number of fused-ring (bicyclic) bond motifs is 1. The summed E-state index contributed by atoms with van der Waals surface area (Å²) in [5.41, 5.74) is 4.45. The molecule has 0 saturated carbocycles. The molecule has 1 N–H and O–H groups in total. The zero-order chi connectivity index (χ0) is 21.6. The van der Waals surface area contributed by atoms with Gasteiger partial charge in [0.05, 0.1) is 6.61 Å². The van der Waals surface area contributed by atoms with Gasteiger partial charge >= 0.3 is 0 Å². The summed E-state index contributed by atoms with van der Waals surface area (Å²) in [6, 6.07) is 26.6. The molecule has 0 aromatic heterocycles. The van der Waals surface area contributed by atoms with E-state index in [-0.39, 0.29) is 0 Å². The van der Waals surface area contributed by atoms with Crippen molar-refractivity contribution in [3.8, 4) is 11.5 Å². The monoisotopic (exact) mass is 431 g/mol. The number of ether oxygens (including phenoxy) is 2. The Morgan fingerprint density at radius 1 is 0.839 bits per heavy atom. The van der Waals surface area contributed by atoms with Crippen molar-refractivity contribution in [1.29, 1.82) is 0 Å². The largest absolute Gasteiger partial charge is 0.490 e. The third-order valence-corrected chi connectivity index (χ3v) is 5.49. The van der Waals surface area contributed by atoms with Gasteiger partial charge < -0.3 is 14.8 Å². The molecule has 0 saturated heterocycles. The van der Waals surface area contributed by atoms with Crippen LogP contribution in [0.2, 0.25) is 5.02 Å². The van der Waals surface area contributed by atoms with Crippen molar-refractivity contribution < 1.29 is 9.47 Å². The van der Waals surface area contributed by atoms with Gasteiger partial charge in [-0.3, -0.25) is 0 Å². The Labute approximate surface area is 188 Å². The molecule has 4 aromatic carbocycles. The SMILES string of the molecule is CCOc1cc(CNc2cc(Cl)ccc2C)ccc1OCc1cccc2ccccc12. The molecule has 0 atom stereocenters. The minimum absolute atomic E-state index is 0.487. The van der Waals surface area contributed by atoms with Gasteiger partial charge in [-0.05, 0) is 65.6 Å². The molecule has 0 aliphatic carbocycles. The number of hydrogen-bond donors (Lipinski definition) is 1. The zero-order valence-electron chi connectivity index (χ0n) is 17.8. The number of aryl methyl sites for hydroxylation is 1. The van der Waals surface area contributed by atoms with Crippen molar-refractivity contribution in [2.75, 3.05) is 11.9 Å². The molecule has 0 heterocycles. The average Bonchev–Trinajstić information content (AvgIpc) is 2.79. The van der Waals surface area contributed by atoms with E-state index in [9.17, 15) is 0 Å². The van der Waals surface area contributed by atoms with Gasteiger partial charge in [-0.25, -0.2) is 0 Å². The topological polar surface area (TPSA) is 30.5 Å². The lowest BCUT2D eigenvalue weighted by Crippen LogP contribution is -2.04. The third-order valence-electron chi connectivity index (χ3n) is 5.25. The molecule has 4 rings (SSSR count). The first kappa shape index (κ1) is 21.1. The van der Waals surface area contributed by atoms with Crippen LogP contribution in [0.5, 0.6) is 11.5 Å². The fourth-order valence-electron chi connectivity index (χ4n) is 3.61. The molecule has 31 heavy (non-hydrogen) atoms. The molecule has 4 aromatic rings. The van der Waals surface area contributed by atoms with Crippen LogP contribution in [-0.2, 0) is 13.2 Å². The standard InChI is InChI=1S/C27H26ClNO2/c1-3-30-27-15-20(17-29-25-16-23(28)13-11-19(25)2)12-14-26(27)31-18-22-9-6-8-21-7-4-5-10-24(21)22/h4-16,29H,3,17-18H2,1-2H3. The highest BCUT2D eigenvalue weighted by Crippen LogP contribution is 2.31. The smallest absolute Gasteiger partial charge is 0.161 e. The predicted molar refractivity (Wildman–Crippen MR) is 129 cm³/mol. The molecule has 0 unspecified atom stereocenters. The second kappa shape index (κ2) is 9.76. The Hall–Kier alpha value is -3.17. The highest BCUT2D eigenvalue weighted by Gasteiger charge is 2.09. The van der Waals surface area contributed by atoms with Crippen LogP contribution in [0.3, 0.4) is 0 Å². The minimum atomic E-state index is 0.487. The molecule has 0 spiro atoms. The maximum atomic E-state index is 6.17. The zero-order valence-corrected chi connectivity index (χ0v) is 18.6. The molecule has 0 fully saturated rings. The van der Waals surface area contributed by atoms with E-state index in [4.69, 9.17) is 21.1 Å². The fraction of sp³-hybridized carbons (Fsp3) is 0.185. The van der Waals surface area contributed by atoms with Gasteiger partial charge in [0.2, 0.25) is 0 Å². The van der Waals surface area contributed by atoms with E-state index >= 15 is 0 Å². The van der Waals surface area contributed by atoms with Crippen molar-refractivity contribution in [3.63, 3.8) is 0 Å². The second-order valence-electron chi connectivity index (χ2n) is 7.45. The van der Waals surface area contributed by atoms with Crippen LogP contribution in [0.15, 0.2) is 78.9 Å². The molecule has 158 valence electrons. The summed E-state index contributed by atoms with van der Waals surface area (Å²) in [6.07, 6.45) is 0. The van der Waals surface area contributed by atoms with Crippen molar-refractivity contribution in [1.82, 2.24) is 0 Å². The summed E-state index contributed by atoms with van der Waals surface area (Å²) in [5.74, 6) is 1.50. The van der Waals surface area contributed by atoms with Gasteiger partial charge in [0.25, 0.3) is 0 Å². The number of rotatable bonds is 8. The van der Waals surface area contributed by atoms with E-state index in [0.29, 0.717) is 19.8 Å². The molecule has 0 aliphatic rings. The molecule has 3 nitrogen and oxygen atoms in total. The van der Waals surface area contributed by atoms with Gasteiger partial charge in [0, 0.05) is 17.3 Å². The Balaban J connectivity index is 1.49. The molecule has 0 radical (unpaired) electrons. The molecule has 0 aliphatic heterocycles. The lowest BCUT2D eigenvalue weighted by molar-refractivity contribution is 0.270. The maximum Gasteiger partial charge on any atom is 0.161 e. The van der Waals surface area contributed by atoms with Gasteiger partial charge in [0.15, 0.2) is 11.5 Å². The van der Waals surface area contributed by atoms with Crippen LogP contribution in [0.25, 0.3) is 10.8 Å². The van der Waals surface area contributed by atoms with E-state index in [1.165, 1.54) is 10.8 Å². The summed E-state index contributed by atoms with van der Waals surface area (Å²) in [7, 11) is 0. The van der Waals surface area contributed by atoms with E-state index < -0.39 is 0 Å². The van der Waals surface area contributed by atoms with E-state index in [0.717, 1.165) is 38.9 Å². The van der Waals surface area contributed by atoms with Crippen LogP contribution >= 0.6 is 11.6 Å². The van der Waals surface area contributed by atoms with Gasteiger partial charge in [-0.15, -0.1) is 0 Å². The normalized spacial score (nSPS) is 10.8. The first-order valence-electron chi connectivity index (χ1n) is 10.5. The number of nitrogens with one attached hydrogen (secondary N) is 1. The fourth-order valence-corrected chi connectivity index (χ4v) is 3.78. The number of benzene rings is 4. The lowest BCUT2D eigenvalue weighted by Gasteiger charge is -2.15. The Morgan fingerprint density at radius 2 is 1.68 bits per heavy atom. The third kappa shape index (κ3) is 5.12. The van der Waals surface area contributed by atoms with Gasteiger partial charge in [-0.2, -0.15) is 0 Å². The van der Waals surface area contributed by atoms with Crippen LogP contribution in [0, 0.1) is 6.92 Å². The highest BCUT2D eigenvalue weighted by molar-refractivity contribution is 6.30. The van der Waals surface area contributed by atoms with E-state index in [1.807, 2.05) is 37.3 Å². The molecule has 0 amide bonds. The number of halogens is 1. The van der Waals surface area contributed by atoms with Gasteiger partial charge in [-0.1, -0.05) is 66.2 Å². The molecule has 0 bridgehead atoms. The lowest BCUT2D eigenvalue weighted by atomic mass is 10.1. The van der Waals surface area contributed by atoms with Crippen LogP contribution in [0.1, 0.15) is 23.6 Å². The summed E-state index contributed by atoms with van der Waals surface area (Å²) in [5, 5.41) is 6.60. The second-order valence-corrected chi connectivity index (χ2v) is 7.89. The summed E-state index contributed by atoms with van der Waals surface area (Å²) in [4.78, 5) is 0. The van der Waals surface area contributed by atoms with Gasteiger partial charge in [0.1, 0.15) is 6.61 Å². The Morgan fingerprint density at radius 3 is 2.55 bits per heavy atom. The van der Waals surface area contributed by atoms with Crippen LogP contribution in [-0.4, -0.2) is 6.61 Å². The van der Waals surface area contributed by atoms with Crippen molar-refractivity contribution >= 4 is 28.1 Å². The summed E-state index contributed by atoms with van der Waals surface area (Å²) in [6.45, 7) is 5.78. The van der Waals surface area contributed by atoms with Crippen molar-refractivity contribution in [2.24, 2.45) is 0 Å². The predicted octanol–water partition coefficient (Wildman–Crippen LogP) is 7.39. The molecule has 4 heteroatoms. The van der Waals surface area contributed by atoms with Crippen molar-refractivity contribution in [3.05, 3.63) is 101 Å². The highest BCUT2D eigenvalue weighted by atomic mass is 35.5. The summed E-state index contributed by atoms with van der Waals surface area (Å²) >= 11 is 6.13. The molecular formula is C27H26ClNO2. The average molecular weight is 432 g/mol. The molecular weight excluding hydrogens is 406 g/mol. The quantitative estimate of drug-likeness (QED) is 0.315. The Kier molecular flexibility index (Phi) is 6.63.